The number of aliphatic carboxylic acids is 1. The minimum absolute atomic E-state index is 0.0874. The summed E-state index contributed by atoms with van der Waals surface area (Å²) in [5.41, 5.74) is 2.87. The van der Waals surface area contributed by atoms with Gasteiger partial charge in [0.25, 0.3) is 5.89 Å². The Kier molecular flexibility index (Phi) is 5.14. The highest BCUT2D eigenvalue weighted by Gasteiger charge is 2.18. The van der Waals surface area contributed by atoms with E-state index in [2.05, 4.69) is 10.1 Å². The predicted octanol–water partition coefficient (Wildman–Crippen LogP) is 4.71. The SMILES string of the molecule is Cc1cc(-c2nc(-c3ccc(OCC(=O)O)c4occc34)no2)ccc1OC(C)C. The lowest BCUT2D eigenvalue weighted by Crippen LogP contribution is -2.09. The first kappa shape index (κ1) is 19.5. The van der Waals surface area contributed by atoms with E-state index in [0.29, 0.717) is 34.0 Å². The number of fused-ring (bicyclic) bond motifs is 1. The summed E-state index contributed by atoms with van der Waals surface area (Å²) >= 11 is 0. The van der Waals surface area contributed by atoms with Crippen LogP contribution in [0.15, 0.2) is 51.6 Å². The Labute approximate surface area is 172 Å². The van der Waals surface area contributed by atoms with Gasteiger partial charge in [-0.2, -0.15) is 4.98 Å². The number of carboxylic acids is 1. The van der Waals surface area contributed by atoms with Crippen LogP contribution in [0.4, 0.5) is 0 Å². The molecular weight excluding hydrogens is 388 g/mol. The van der Waals surface area contributed by atoms with Crippen LogP contribution in [-0.2, 0) is 4.79 Å². The predicted molar refractivity (Wildman–Crippen MR) is 109 cm³/mol. The summed E-state index contributed by atoms with van der Waals surface area (Å²) in [5, 5.41) is 13.6. The molecule has 8 nitrogen and oxygen atoms in total. The van der Waals surface area contributed by atoms with E-state index < -0.39 is 12.6 Å². The Morgan fingerprint density at radius 2 is 1.97 bits per heavy atom. The van der Waals surface area contributed by atoms with Crippen molar-refractivity contribution >= 4 is 16.9 Å². The van der Waals surface area contributed by atoms with E-state index >= 15 is 0 Å². The topological polar surface area (TPSA) is 108 Å². The Balaban J connectivity index is 1.65. The Morgan fingerprint density at radius 1 is 1.17 bits per heavy atom. The molecule has 0 saturated carbocycles. The zero-order valence-electron chi connectivity index (χ0n) is 16.7. The molecule has 154 valence electrons. The molecular formula is C22H20N2O6. The van der Waals surface area contributed by atoms with E-state index in [4.69, 9.17) is 23.5 Å². The zero-order valence-corrected chi connectivity index (χ0v) is 16.7. The fourth-order valence-corrected chi connectivity index (χ4v) is 3.10. The van der Waals surface area contributed by atoms with Crippen LogP contribution in [0.1, 0.15) is 19.4 Å². The Morgan fingerprint density at radius 3 is 2.70 bits per heavy atom. The van der Waals surface area contributed by atoms with E-state index in [0.717, 1.165) is 16.9 Å². The largest absolute Gasteiger partial charge is 0.491 e. The Bertz CT molecular complexity index is 1210. The van der Waals surface area contributed by atoms with Crippen molar-refractivity contribution < 1.29 is 28.3 Å². The van der Waals surface area contributed by atoms with E-state index in [9.17, 15) is 4.79 Å². The number of carbonyl (C=O) groups is 1. The van der Waals surface area contributed by atoms with E-state index in [-0.39, 0.29) is 6.10 Å². The molecule has 0 saturated heterocycles. The van der Waals surface area contributed by atoms with Crippen LogP contribution in [-0.4, -0.2) is 33.9 Å². The van der Waals surface area contributed by atoms with Crippen molar-refractivity contribution in [3.05, 3.63) is 48.2 Å². The number of benzene rings is 2. The van der Waals surface area contributed by atoms with Crippen LogP contribution in [0.25, 0.3) is 33.8 Å². The quantitative estimate of drug-likeness (QED) is 0.468. The number of hydrogen-bond donors (Lipinski definition) is 1. The first-order valence-electron chi connectivity index (χ1n) is 9.39. The number of ether oxygens (including phenoxy) is 2. The fourth-order valence-electron chi connectivity index (χ4n) is 3.10. The summed E-state index contributed by atoms with van der Waals surface area (Å²) in [4.78, 5) is 15.3. The molecule has 2 aromatic heterocycles. The van der Waals surface area contributed by atoms with Crippen LogP contribution >= 0.6 is 0 Å². The second-order valence-corrected chi connectivity index (χ2v) is 7.03. The van der Waals surface area contributed by atoms with Crippen LogP contribution in [0.2, 0.25) is 0 Å². The van der Waals surface area contributed by atoms with Gasteiger partial charge in [-0.15, -0.1) is 0 Å². The second kappa shape index (κ2) is 7.90. The zero-order chi connectivity index (χ0) is 21.3. The van der Waals surface area contributed by atoms with E-state index in [1.54, 1.807) is 18.2 Å². The third-order valence-electron chi connectivity index (χ3n) is 4.38. The lowest BCUT2D eigenvalue weighted by molar-refractivity contribution is -0.139. The fraction of sp³-hybridized carbons (Fsp3) is 0.227. The highest BCUT2D eigenvalue weighted by Crippen LogP contribution is 2.35. The van der Waals surface area contributed by atoms with Gasteiger partial charge in [0.1, 0.15) is 5.75 Å². The molecule has 8 heteroatoms. The van der Waals surface area contributed by atoms with Gasteiger partial charge >= 0.3 is 5.97 Å². The Hall–Kier alpha value is -3.81. The van der Waals surface area contributed by atoms with Gasteiger partial charge in [-0.25, -0.2) is 4.79 Å². The normalized spacial score (nSPS) is 11.2. The maximum absolute atomic E-state index is 10.8. The number of aryl methyl sites for hydroxylation is 1. The van der Waals surface area contributed by atoms with Crippen molar-refractivity contribution in [1.82, 2.24) is 10.1 Å². The molecule has 4 aromatic rings. The molecule has 2 heterocycles. The van der Waals surface area contributed by atoms with Gasteiger partial charge < -0.3 is 23.5 Å². The molecule has 0 aliphatic heterocycles. The maximum atomic E-state index is 10.8. The molecule has 0 radical (unpaired) electrons. The van der Waals surface area contributed by atoms with Crippen LogP contribution in [0, 0.1) is 6.92 Å². The number of carboxylic acid groups (broad SMARTS) is 1. The average molecular weight is 408 g/mol. The molecule has 30 heavy (non-hydrogen) atoms. The molecule has 0 fully saturated rings. The van der Waals surface area contributed by atoms with Gasteiger partial charge in [0.05, 0.1) is 12.4 Å². The summed E-state index contributed by atoms with van der Waals surface area (Å²) in [6, 6.07) is 10.8. The van der Waals surface area contributed by atoms with Gasteiger partial charge in [-0.3, -0.25) is 0 Å². The summed E-state index contributed by atoms with van der Waals surface area (Å²) < 4.78 is 22.0. The van der Waals surface area contributed by atoms with Crippen molar-refractivity contribution in [2.24, 2.45) is 0 Å². The average Bonchev–Trinajstić information content (AvgIpc) is 3.37. The molecule has 1 N–H and O–H groups in total. The lowest BCUT2D eigenvalue weighted by atomic mass is 10.1. The lowest BCUT2D eigenvalue weighted by Gasteiger charge is -2.12. The van der Waals surface area contributed by atoms with Crippen molar-refractivity contribution in [3.63, 3.8) is 0 Å². The smallest absolute Gasteiger partial charge is 0.341 e. The van der Waals surface area contributed by atoms with Crippen LogP contribution in [0.5, 0.6) is 11.5 Å². The first-order chi connectivity index (χ1) is 14.4. The van der Waals surface area contributed by atoms with Crippen molar-refractivity contribution in [3.8, 4) is 34.3 Å². The maximum Gasteiger partial charge on any atom is 0.341 e. The van der Waals surface area contributed by atoms with Crippen molar-refractivity contribution in [2.75, 3.05) is 6.61 Å². The molecule has 0 aliphatic rings. The number of furan rings is 1. The standard InChI is InChI=1S/C22H20N2O6/c1-12(2)29-17-6-4-14(10-13(17)3)22-23-21(24-30-22)16-5-7-18(28-11-19(25)26)20-15(16)8-9-27-20/h4-10,12H,11H2,1-3H3,(H,25,26). The monoisotopic (exact) mass is 408 g/mol. The third kappa shape index (κ3) is 3.84. The molecule has 0 spiro atoms. The molecule has 0 amide bonds. The first-order valence-corrected chi connectivity index (χ1v) is 9.39. The highest BCUT2D eigenvalue weighted by atomic mass is 16.5. The summed E-state index contributed by atoms with van der Waals surface area (Å²) in [7, 11) is 0. The molecule has 2 aromatic carbocycles. The molecule has 0 bridgehead atoms. The van der Waals surface area contributed by atoms with E-state index in [1.165, 1.54) is 6.26 Å². The van der Waals surface area contributed by atoms with Crippen LogP contribution < -0.4 is 9.47 Å². The minimum Gasteiger partial charge on any atom is -0.491 e. The number of rotatable bonds is 7. The van der Waals surface area contributed by atoms with E-state index in [1.807, 2.05) is 39.0 Å². The van der Waals surface area contributed by atoms with Gasteiger partial charge in [-0.1, -0.05) is 5.16 Å². The van der Waals surface area contributed by atoms with Gasteiger partial charge in [0.15, 0.2) is 17.9 Å². The molecule has 4 rings (SSSR count). The third-order valence-corrected chi connectivity index (χ3v) is 4.38. The highest BCUT2D eigenvalue weighted by molar-refractivity contribution is 5.95. The van der Waals surface area contributed by atoms with Crippen molar-refractivity contribution in [1.29, 1.82) is 0 Å². The second-order valence-electron chi connectivity index (χ2n) is 7.03. The van der Waals surface area contributed by atoms with Gasteiger partial charge in [0, 0.05) is 16.5 Å². The van der Waals surface area contributed by atoms with Crippen molar-refractivity contribution in [2.45, 2.75) is 26.9 Å². The summed E-state index contributed by atoms with van der Waals surface area (Å²) in [6.45, 7) is 5.46. The summed E-state index contributed by atoms with van der Waals surface area (Å²) in [6.07, 6.45) is 1.59. The van der Waals surface area contributed by atoms with Gasteiger partial charge in [-0.05, 0) is 62.7 Å². The molecule has 0 atom stereocenters. The minimum atomic E-state index is -1.07. The molecule has 0 unspecified atom stereocenters. The van der Waals surface area contributed by atoms with Crippen LogP contribution in [0.3, 0.4) is 0 Å². The number of hydrogen-bond acceptors (Lipinski definition) is 7. The molecule has 0 aliphatic carbocycles. The summed E-state index contributed by atoms with van der Waals surface area (Å²) in [5.74, 6) is 0.849. The van der Waals surface area contributed by atoms with Gasteiger partial charge in [0.2, 0.25) is 5.82 Å². The number of aromatic nitrogens is 2. The number of nitrogens with zero attached hydrogens (tertiary/aromatic N) is 2.